The number of unbranched alkanes of at least 4 members (excludes halogenated alkanes) is 1. The van der Waals surface area contributed by atoms with Crippen LogP contribution in [0.5, 0.6) is 5.75 Å². The monoisotopic (exact) mass is 538 g/mol. The maximum absolute atomic E-state index is 13.8. The SMILES string of the molecule is CCCCOc1cccc(/C(O)=C2\C(=O)C(=O)N(c3nc(C)c(C(=O)OCC)s3)C2c2ccc(F)cc2)c1. The number of Topliss-reactive ketones (excluding diaryl/α,β-unsaturated/α-hetero) is 1. The number of halogens is 1. The van der Waals surface area contributed by atoms with E-state index in [0.29, 0.717) is 23.6 Å². The number of aromatic nitrogens is 1. The molecule has 1 saturated heterocycles. The third kappa shape index (κ3) is 5.31. The van der Waals surface area contributed by atoms with E-state index < -0.39 is 35.3 Å². The van der Waals surface area contributed by atoms with Gasteiger partial charge in [0.25, 0.3) is 5.78 Å². The number of aryl methyl sites for hydroxylation is 1. The van der Waals surface area contributed by atoms with Gasteiger partial charge in [0.1, 0.15) is 22.2 Å². The van der Waals surface area contributed by atoms with Crippen LogP contribution in [0.1, 0.15) is 59.2 Å². The predicted octanol–water partition coefficient (Wildman–Crippen LogP) is 5.57. The fraction of sp³-hybridized carbons (Fsp3) is 0.286. The van der Waals surface area contributed by atoms with Crippen LogP contribution in [-0.4, -0.2) is 41.0 Å². The summed E-state index contributed by atoms with van der Waals surface area (Å²) in [6.07, 6.45) is 1.81. The minimum Gasteiger partial charge on any atom is -0.507 e. The first-order valence-corrected chi connectivity index (χ1v) is 13.0. The Bertz CT molecular complexity index is 1400. The molecule has 0 saturated carbocycles. The number of anilines is 1. The van der Waals surface area contributed by atoms with Crippen molar-refractivity contribution in [2.45, 2.75) is 39.7 Å². The zero-order valence-corrected chi connectivity index (χ0v) is 22.0. The number of benzene rings is 2. The number of aliphatic hydroxyl groups is 1. The van der Waals surface area contributed by atoms with Gasteiger partial charge in [-0.1, -0.05) is 48.9 Å². The molecule has 0 aliphatic carbocycles. The number of thiazole rings is 1. The summed E-state index contributed by atoms with van der Waals surface area (Å²) in [5.41, 5.74) is 0.817. The number of esters is 1. The van der Waals surface area contributed by atoms with E-state index in [1.807, 2.05) is 6.92 Å². The second-order valence-electron chi connectivity index (χ2n) is 8.58. The average molecular weight is 539 g/mol. The highest BCUT2D eigenvalue weighted by molar-refractivity contribution is 7.17. The van der Waals surface area contributed by atoms with Crippen molar-refractivity contribution in [2.24, 2.45) is 0 Å². The molecule has 0 radical (unpaired) electrons. The van der Waals surface area contributed by atoms with Gasteiger partial charge in [-0.25, -0.2) is 14.2 Å². The number of ether oxygens (including phenoxy) is 2. The van der Waals surface area contributed by atoms with E-state index in [2.05, 4.69) is 4.98 Å². The Labute approximate surface area is 223 Å². The number of carbonyl (C=O) groups excluding carboxylic acids is 3. The van der Waals surface area contributed by atoms with E-state index in [4.69, 9.17) is 9.47 Å². The van der Waals surface area contributed by atoms with Crippen LogP contribution in [0.15, 0.2) is 54.1 Å². The molecular weight excluding hydrogens is 511 g/mol. The maximum Gasteiger partial charge on any atom is 0.350 e. The molecule has 1 unspecified atom stereocenters. The number of hydrogen-bond acceptors (Lipinski definition) is 8. The minimum absolute atomic E-state index is 0.0812. The number of hydrogen-bond donors (Lipinski definition) is 1. The zero-order valence-electron chi connectivity index (χ0n) is 21.2. The number of rotatable bonds is 9. The molecule has 1 amide bonds. The summed E-state index contributed by atoms with van der Waals surface area (Å²) in [6, 6.07) is 10.8. The van der Waals surface area contributed by atoms with Crippen molar-refractivity contribution in [3.8, 4) is 5.75 Å². The second-order valence-corrected chi connectivity index (χ2v) is 9.56. The summed E-state index contributed by atoms with van der Waals surface area (Å²) < 4.78 is 24.6. The minimum atomic E-state index is -1.11. The Kier molecular flexibility index (Phi) is 8.21. The first kappa shape index (κ1) is 27.0. The molecule has 38 heavy (non-hydrogen) atoms. The average Bonchev–Trinajstić information content (AvgIpc) is 3.41. The number of ketones is 1. The van der Waals surface area contributed by atoms with E-state index in [9.17, 15) is 23.9 Å². The Morgan fingerprint density at radius 1 is 1.16 bits per heavy atom. The van der Waals surface area contributed by atoms with E-state index >= 15 is 0 Å². The van der Waals surface area contributed by atoms with Crippen LogP contribution < -0.4 is 9.64 Å². The number of carbonyl (C=O) groups is 3. The number of amides is 1. The molecule has 1 N–H and O–H groups in total. The zero-order chi connectivity index (χ0) is 27.4. The lowest BCUT2D eigenvalue weighted by atomic mass is 9.95. The number of aliphatic hydroxyl groups excluding tert-OH is 1. The largest absolute Gasteiger partial charge is 0.507 e. The Morgan fingerprint density at radius 3 is 2.58 bits per heavy atom. The van der Waals surface area contributed by atoms with Crippen molar-refractivity contribution < 1.29 is 33.4 Å². The van der Waals surface area contributed by atoms with Crippen LogP contribution in [0, 0.1) is 12.7 Å². The van der Waals surface area contributed by atoms with Gasteiger partial charge in [-0.05, 0) is 50.1 Å². The maximum atomic E-state index is 13.8. The van der Waals surface area contributed by atoms with Crippen LogP contribution in [0.4, 0.5) is 9.52 Å². The molecular formula is C28H27FN2O6S. The van der Waals surface area contributed by atoms with Crippen LogP contribution in [-0.2, 0) is 14.3 Å². The summed E-state index contributed by atoms with van der Waals surface area (Å²) in [7, 11) is 0. The van der Waals surface area contributed by atoms with Crippen molar-refractivity contribution in [1.29, 1.82) is 0 Å². The third-order valence-corrected chi connectivity index (χ3v) is 7.09. The standard InChI is InChI=1S/C28H27FN2O6S/c1-4-6-14-37-20-9-7-8-18(15-20)23(32)21-22(17-10-12-19(29)13-11-17)31(26(34)24(21)33)28-30-16(3)25(38-28)27(35)36-5-2/h7-13,15,22,32H,4-6,14H2,1-3H3/b23-21+. The van der Waals surface area contributed by atoms with Crippen LogP contribution in [0.25, 0.3) is 5.76 Å². The first-order valence-electron chi connectivity index (χ1n) is 12.2. The highest BCUT2D eigenvalue weighted by Crippen LogP contribution is 2.44. The van der Waals surface area contributed by atoms with Crippen molar-refractivity contribution in [1.82, 2.24) is 4.98 Å². The lowest BCUT2D eigenvalue weighted by Gasteiger charge is -2.23. The molecule has 198 valence electrons. The van der Waals surface area contributed by atoms with Crippen LogP contribution in [0.2, 0.25) is 0 Å². The van der Waals surface area contributed by atoms with Crippen molar-refractivity contribution in [3.63, 3.8) is 0 Å². The Balaban J connectivity index is 1.84. The molecule has 2 aromatic carbocycles. The molecule has 0 bridgehead atoms. The van der Waals surface area contributed by atoms with Crippen LogP contribution in [0.3, 0.4) is 0 Å². The first-order chi connectivity index (χ1) is 18.3. The molecule has 1 aliphatic rings. The fourth-order valence-corrected chi connectivity index (χ4v) is 5.07. The smallest absolute Gasteiger partial charge is 0.350 e. The molecule has 1 aliphatic heterocycles. The van der Waals surface area contributed by atoms with E-state index in [0.717, 1.165) is 29.1 Å². The normalized spacial score (nSPS) is 16.6. The van der Waals surface area contributed by atoms with Crippen molar-refractivity contribution in [2.75, 3.05) is 18.1 Å². The summed E-state index contributed by atoms with van der Waals surface area (Å²) >= 11 is 0.904. The quantitative estimate of drug-likeness (QED) is 0.125. The molecule has 3 aromatic rings. The topological polar surface area (TPSA) is 106 Å². The van der Waals surface area contributed by atoms with E-state index in [1.54, 1.807) is 38.1 Å². The summed E-state index contributed by atoms with van der Waals surface area (Å²) in [5, 5.41) is 11.4. The highest BCUT2D eigenvalue weighted by Gasteiger charge is 2.48. The summed E-state index contributed by atoms with van der Waals surface area (Å²) in [4.78, 5) is 44.8. The second kappa shape index (κ2) is 11.6. The molecule has 10 heteroatoms. The van der Waals surface area contributed by atoms with Gasteiger partial charge in [0.15, 0.2) is 5.13 Å². The van der Waals surface area contributed by atoms with Gasteiger partial charge >= 0.3 is 11.9 Å². The Morgan fingerprint density at radius 2 is 1.89 bits per heavy atom. The molecule has 8 nitrogen and oxygen atoms in total. The predicted molar refractivity (Wildman–Crippen MR) is 141 cm³/mol. The van der Waals surface area contributed by atoms with Gasteiger partial charge in [-0.3, -0.25) is 14.5 Å². The van der Waals surface area contributed by atoms with Crippen molar-refractivity contribution >= 4 is 39.9 Å². The molecule has 1 atom stereocenters. The fourth-order valence-electron chi connectivity index (χ4n) is 4.08. The van der Waals surface area contributed by atoms with E-state index in [-0.39, 0.29) is 27.8 Å². The molecule has 1 fully saturated rings. The highest BCUT2D eigenvalue weighted by atomic mass is 32.1. The lowest BCUT2D eigenvalue weighted by Crippen LogP contribution is -2.29. The molecule has 0 spiro atoms. The molecule has 1 aromatic heterocycles. The van der Waals surface area contributed by atoms with Crippen molar-refractivity contribution in [3.05, 3.63) is 81.6 Å². The third-order valence-electron chi connectivity index (χ3n) is 5.96. The molecule has 4 rings (SSSR count). The lowest BCUT2D eigenvalue weighted by molar-refractivity contribution is -0.132. The van der Waals surface area contributed by atoms with Gasteiger partial charge in [-0.15, -0.1) is 0 Å². The van der Waals surface area contributed by atoms with Gasteiger partial charge in [0.05, 0.1) is 30.5 Å². The van der Waals surface area contributed by atoms with Gasteiger partial charge in [0, 0.05) is 5.56 Å². The van der Waals surface area contributed by atoms with Crippen LogP contribution >= 0.6 is 11.3 Å². The molecule has 2 heterocycles. The summed E-state index contributed by atoms with van der Waals surface area (Å²) in [5.74, 6) is -2.86. The van der Waals surface area contributed by atoms with E-state index in [1.165, 1.54) is 24.3 Å². The summed E-state index contributed by atoms with van der Waals surface area (Å²) in [6.45, 7) is 5.96. The van der Waals surface area contributed by atoms with Gasteiger partial charge < -0.3 is 14.6 Å². The van der Waals surface area contributed by atoms with Gasteiger partial charge in [-0.2, -0.15) is 0 Å². The van der Waals surface area contributed by atoms with Gasteiger partial charge in [0.2, 0.25) is 0 Å². The number of nitrogens with zero attached hydrogens (tertiary/aromatic N) is 2. The Hall–Kier alpha value is -4.05.